The molecule has 0 radical (unpaired) electrons. The molecule has 0 amide bonds. The third-order valence-electron chi connectivity index (χ3n) is 4.41. The van der Waals surface area contributed by atoms with E-state index in [-0.39, 0.29) is 0 Å². The zero-order valence-electron chi connectivity index (χ0n) is 11.1. The Morgan fingerprint density at radius 2 is 1.41 bits per heavy atom. The van der Waals surface area contributed by atoms with E-state index < -0.39 is 0 Å². The van der Waals surface area contributed by atoms with Gasteiger partial charge in [0.05, 0.1) is 6.61 Å². The fourth-order valence-corrected chi connectivity index (χ4v) is 3.29. The molecule has 3 nitrogen and oxygen atoms in total. The molecule has 0 spiro atoms. The maximum Gasteiger partial charge on any atom is 0.0558 e. The minimum Gasteiger partial charge on any atom is -0.395 e. The molecule has 0 atom stereocenters. The summed E-state index contributed by atoms with van der Waals surface area (Å²) in [6.45, 7) is 5.89. The average molecular weight is 240 g/mol. The van der Waals surface area contributed by atoms with Crippen LogP contribution in [0.2, 0.25) is 0 Å². The lowest BCUT2D eigenvalue weighted by Crippen LogP contribution is -2.50. The topological polar surface area (TPSA) is 26.7 Å². The summed E-state index contributed by atoms with van der Waals surface area (Å²) in [6, 6.07) is 0.853. The smallest absolute Gasteiger partial charge is 0.0558 e. The lowest BCUT2D eigenvalue weighted by Gasteiger charge is -2.39. The van der Waals surface area contributed by atoms with E-state index >= 15 is 0 Å². The van der Waals surface area contributed by atoms with E-state index in [1.807, 2.05) is 0 Å². The van der Waals surface area contributed by atoms with Crippen LogP contribution in [-0.2, 0) is 0 Å². The predicted molar refractivity (Wildman–Crippen MR) is 71.2 cm³/mol. The minimum absolute atomic E-state index is 0.309. The monoisotopic (exact) mass is 240 g/mol. The molecular formula is C14H28N2O. The van der Waals surface area contributed by atoms with Crippen LogP contribution in [-0.4, -0.2) is 60.3 Å². The Morgan fingerprint density at radius 3 is 2.00 bits per heavy atom. The summed E-state index contributed by atoms with van der Waals surface area (Å²) in [5, 5.41) is 8.95. The van der Waals surface area contributed by atoms with E-state index in [1.54, 1.807) is 0 Å². The Morgan fingerprint density at radius 1 is 0.824 bits per heavy atom. The number of aliphatic hydroxyl groups is 1. The fourth-order valence-electron chi connectivity index (χ4n) is 3.29. The molecule has 1 N–H and O–H groups in total. The Hall–Kier alpha value is -0.120. The SMILES string of the molecule is OCCN1CCN(C2CCCCCCC2)CC1. The van der Waals surface area contributed by atoms with Crippen molar-refractivity contribution in [1.29, 1.82) is 0 Å². The standard InChI is InChI=1S/C14H28N2O/c17-13-12-15-8-10-16(11-9-15)14-6-4-2-1-3-5-7-14/h14,17H,1-13H2. The van der Waals surface area contributed by atoms with E-state index in [9.17, 15) is 0 Å². The maximum absolute atomic E-state index is 8.95. The van der Waals surface area contributed by atoms with E-state index in [1.165, 1.54) is 58.0 Å². The number of hydrogen-bond acceptors (Lipinski definition) is 3. The van der Waals surface area contributed by atoms with E-state index in [0.29, 0.717) is 6.61 Å². The molecular weight excluding hydrogens is 212 g/mol. The summed E-state index contributed by atoms with van der Waals surface area (Å²) >= 11 is 0. The van der Waals surface area contributed by atoms with Gasteiger partial charge in [-0.2, -0.15) is 0 Å². The summed E-state index contributed by atoms with van der Waals surface area (Å²) < 4.78 is 0. The van der Waals surface area contributed by atoms with E-state index in [2.05, 4.69) is 9.80 Å². The molecule has 100 valence electrons. The molecule has 1 aliphatic heterocycles. The molecule has 2 fully saturated rings. The van der Waals surface area contributed by atoms with Gasteiger partial charge in [-0.15, -0.1) is 0 Å². The van der Waals surface area contributed by atoms with Crippen molar-refractivity contribution in [3.63, 3.8) is 0 Å². The molecule has 17 heavy (non-hydrogen) atoms. The van der Waals surface area contributed by atoms with Gasteiger partial charge in [0.15, 0.2) is 0 Å². The van der Waals surface area contributed by atoms with Crippen molar-refractivity contribution in [3.05, 3.63) is 0 Å². The summed E-state index contributed by atoms with van der Waals surface area (Å²) in [4.78, 5) is 5.10. The van der Waals surface area contributed by atoms with Crippen LogP contribution in [0, 0.1) is 0 Å². The highest BCUT2D eigenvalue weighted by Crippen LogP contribution is 2.22. The molecule has 0 aromatic heterocycles. The summed E-state index contributed by atoms with van der Waals surface area (Å²) in [7, 11) is 0. The highest BCUT2D eigenvalue weighted by molar-refractivity contribution is 4.79. The van der Waals surface area contributed by atoms with Gasteiger partial charge in [0.1, 0.15) is 0 Å². The largest absolute Gasteiger partial charge is 0.395 e. The van der Waals surface area contributed by atoms with Gasteiger partial charge in [0, 0.05) is 38.8 Å². The molecule has 1 saturated carbocycles. The molecule has 0 bridgehead atoms. The summed E-state index contributed by atoms with van der Waals surface area (Å²) in [5.41, 5.74) is 0. The minimum atomic E-state index is 0.309. The fraction of sp³-hybridized carbons (Fsp3) is 1.00. The molecule has 2 rings (SSSR count). The zero-order valence-corrected chi connectivity index (χ0v) is 11.1. The first kappa shape index (κ1) is 13.3. The van der Waals surface area contributed by atoms with Crippen LogP contribution in [0.3, 0.4) is 0 Å². The first-order valence-electron chi connectivity index (χ1n) is 7.47. The highest BCUT2D eigenvalue weighted by Gasteiger charge is 2.23. The number of β-amino-alcohol motifs (C(OH)–C–C–N with tert-alkyl or cyclic N) is 1. The molecule has 1 heterocycles. The van der Waals surface area contributed by atoms with Gasteiger partial charge in [-0.1, -0.05) is 32.1 Å². The number of rotatable bonds is 3. The van der Waals surface area contributed by atoms with Crippen molar-refractivity contribution < 1.29 is 5.11 Å². The van der Waals surface area contributed by atoms with Crippen LogP contribution in [0.5, 0.6) is 0 Å². The second-order valence-corrected chi connectivity index (χ2v) is 5.60. The molecule has 1 aliphatic carbocycles. The van der Waals surface area contributed by atoms with Gasteiger partial charge in [-0.3, -0.25) is 9.80 Å². The van der Waals surface area contributed by atoms with Crippen LogP contribution in [0.25, 0.3) is 0 Å². The van der Waals surface area contributed by atoms with Gasteiger partial charge in [-0.25, -0.2) is 0 Å². The maximum atomic E-state index is 8.95. The lowest BCUT2D eigenvalue weighted by molar-refractivity contribution is 0.0737. The van der Waals surface area contributed by atoms with Gasteiger partial charge in [0.25, 0.3) is 0 Å². The molecule has 3 heteroatoms. The van der Waals surface area contributed by atoms with Crippen LogP contribution in [0.1, 0.15) is 44.9 Å². The van der Waals surface area contributed by atoms with Crippen LogP contribution >= 0.6 is 0 Å². The Labute approximate surface area is 106 Å². The van der Waals surface area contributed by atoms with Crippen molar-refractivity contribution in [1.82, 2.24) is 9.80 Å². The Kier molecular flexibility index (Phi) is 5.75. The molecule has 2 aliphatic rings. The van der Waals surface area contributed by atoms with Gasteiger partial charge < -0.3 is 5.11 Å². The van der Waals surface area contributed by atoms with Crippen molar-refractivity contribution in [2.24, 2.45) is 0 Å². The summed E-state index contributed by atoms with van der Waals surface area (Å²) in [6.07, 6.45) is 10.0. The second-order valence-electron chi connectivity index (χ2n) is 5.60. The third-order valence-corrected chi connectivity index (χ3v) is 4.41. The van der Waals surface area contributed by atoms with Gasteiger partial charge in [-0.05, 0) is 12.8 Å². The van der Waals surface area contributed by atoms with Crippen LogP contribution in [0.4, 0.5) is 0 Å². The highest BCUT2D eigenvalue weighted by atomic mass is 16.3. The molecule has 1 saturated heterocycles. The third kappa shape index (κ3) is 4.23. The van der Waals surface area contributed by atoms with E-state index in [4.69, 9.17) is 5.11 Å². The Balaban J connectivity index is 1.74. The average Bonchev–Trinajstić information content (AvgIpc) is 2.30. The molecule has 0 aromatic carbocycles. The first-order valence-corrected chi connectivity index (χ1v) is 7.47. The number of piperazine rings is 1. The van der Waals surface area contributed by atoms with Crippen molar-refractivity contribution >= 4 is 0 Å². The second kappa shape index (κ2) is 7.34. The first-order chi connectivity index (χ1) is 8.40. The summed E-state index contributed by atoms with van der Waals surface area (Å²) in [5.74, 6) is 0. The number of nitrogens with zero attached hydrogens (tertiary/aromatic N) is 2. The number of hydrogen-bond donors (Lipinski definition) is 1. The normalized spacial score (nSPS) is 26.6. The molecule has 0 unspecified atom stereocenters. The van der Waals surface area contributed by atoms with Crippen molar-refractivity contribution in [2.45, 2.75) is 51.0 Å². The predicted octanol–water partition coefficient (Wildman–Crippen LogP) is 1.71. The zero-order chi connectivity index (χ0) is 11.9. The van der Waals surface area contributed by atoms with Gasteiger partial charge >= 0.3 is 0 Å². The quantitative estimate of drug-likeness (QED) is 0.813. The van der Waals surface area contributed by atoms with Crippen molar-refractivity contribution in [3.8, 4) is 0 Å². The molecule has 0 aromatic rings. The Bertz CT molecular complexity index is 194. The van der Waals surface area contributed by atoms with Crippen LogP contribution < -0.4 is 0 Å². The van der Waals surface area contributed by atoms with E-state index in [0.717, 1.165) is 25.7 Å². The van der Waals surface area contributed by atoms with Crippen molar-refractivity contribution in [2.75, 3.05) is 39.3 Å². The van der Waals surface area contributed by atoms with Crippen LogP contribution in [0.15, 0.2) is 0 Å². The van der Waals surface area contributed by atoms with Gasteiger partial charge in [0.2, 0.25) is 0 Å². The lowest BCUT2D eigenvalue weighted by atomic mass is 9.95. The number of aliphatic hydroxyl groups excluding tert-OH is 1.